The van der Waals surface area contributed by atoms with Gasteiger partial charge in [0.1, 0.15) is 11.6 Å². The summed E-state index contributed by atoms with van der Waals surface area (Å²) in [6.45, 7) is 19.2. The topological polar surface area (TPSA) is 26.3 Å². The average Bonchev–Trinajstić information content (AvgIpc) is 2.56. The van der Waals surface area contributed by atoms with Crippen molar-refractivity contribution in [3.63, 3.8) is 0 Å². The van der Waals surface area contributed by atoms with Crippen molar-refractivity contribution in [1.29, 1.82) is 0 Å². The minimum atomic E-state index is -1.99. The smallest absolute Gasteiger partial charge is 0.250 e. The fourth-order valence-electron chi connectivity index (χ4n) is 2.76. The molecular weight excluding hydrogens is 375 g/mol. The maximum absolute atomic E-state index is 13.2. The van der Waals surface area contributed by atoms with E-state index in [1.165, 1.54) is 12.1 Å². The Hall–Kier alpha value is -1.46. The molecule has 0 spiro atoms. The van der Waals surface area contributed by atoms with Crippen molar-refractivity contribution < 1.29 is 13.0 Å². The highest BCUT2D eigenvalue weighted by Crippen LogP contribution is 2.42. The lowest BCUT2D eigenvalue weighted by atomic mass is 10.00. The van der Waals surface area contributed by atoms with Crippen LogP contribution in [0.2, 0.25) is 18.1 Å². The van der Waals surface area contributed by atoms with Crippen molar-refractivity contribution in [1.82, 2.24) is 0 Å². The van der Waals surface area contributed by atoms with E-state index in [9.17, 15) is 8.60 Å². The fourth-order valence-corrected chi connectivity index (χ4v) is 5.36. The SMILES string of the molecule is Cc1c(C)c(S(=O)c2ccc(F)cc2)c(C)c(C)c1O[Si](C)(C)C(C)(C)C. The zero-order valence-corrected chi connectivity index (χ0v) is 19.7. The van der Waals surface area contributed by atoms with Crippen LogP contribution < -0.4 is 4.43 Å². The van der Waals surface area contributed by atoms with Crippen LogP contribution in [0.1, 0.15) is 43.0 Å². The molecule has 1 unspecified atom stereocenters. The zero-order valence-electron chi connectivity index (χ0n) is 17.9. The molecule has 0 aliphatic heterocycles. The van der Waals surface area contributed by atoms with Gasteiger partial charge in [0.25, 0.3) is 8.32 Å². The second-order valence-electron chi connectivity index (χ2n) is 8.74. The van der Waals surface area contributed by atoms with Gasteiger partial charge in [-0.15, -0.1) is 0 Å². The van der Waals surface area contributed by atoms with Crippen LogP contribution in [-0.4, -0.2) is 12.5 Å². The summed E-state index contributed by atoms with van der Waals surface area (Å²) in [4.78, 5) is 1.42. The Balaban J connectivity index is 2.59. The molecule has 5 heteroatoms. The Morgan fingerprint density at radius 3 is 1.74 bits per heavy atom. The summed E-state index contributed by atoms with van der Waals surface area (Å²) in [7, 11) is -3.34. The van der Waals surface area contributed by atoms with Gasteiger partial charge in [-0.3, -0.25) is 0 Å². The van der Waals surface area contributed by atoms with Gasteiger partial charge in [-0.2, -0.15) is 0 Å². The number of halogens is 1. The van der Waals surface area contributed by atoms with Crippen LogP contribution >= 0.6 is 0 Å². The van der Waals surface area contributed by atoms with Gasteiger partial charge in [0.15, 0.2) is 0 Å². The standard InChI is InChI=1S/C22H31FO2SSi/c1-14-16(3)21(26(24)19-12-10-18(23)11-13-19)17(4)15(2)20(14)25-27(8,9)22(5,6)7/h10-13H,1-9H3. The first-order valence-electron chi connectivity index (χ1n) is 9.24. The molecule has 2 rings (SSSR count). The van der Waals surface area contributed by atoms with Crippen LogP contribution in [0, 0.1) is 33.5 Å². The molecule has 0 aliphatic rings. The average molecular weight is 407 g/mol. The highest BCUT2D eigenvalue weighted by molar-refractivity contribution is 7.85. The molecule has 0 fully saturated rings. The van der Waals surface area contributed by atoms with Gasteiger partial charge in [0.2, 0.25) is 0 Å². The maximum Gasteiger partial charge on any atom is 0.250 e. The minimum absolute atomic E-state index is 0.100. The fraction of sp³-hybridized carbons (Fsp3) is 0.455. The maximum atomic E-state index is 13.2. The molecule has 0 N–H and O–H groups in total. The van der Waals surface area contributed by atoms with E-state index in [-0.39, 0.29) is 10.9 Å². The van der Waals surface area contributed by atoms with Crippen molar-refractivity contribution in [3.05, 3.63) is 52.3 Å². The van der Waals surface area contributed by atoms with E-state index in [4.69, 9.17) is 4.43 Å². The molecule has 2 aromatic carbocycles. The third kappa shape index (κ3) is 4.19. The van der Waals surface area contributed by atoms with Gasteiger partial charge in [-0.25, -0.2) is 8.60 Å². The summed E-state index contributed by atoms with van der Waals surface area (Å²) in [5.74, 6) is 0.603. The van der Waals surface area contributed by atoms with E-state index in [0.29, 0.717) is 4.90 Å². The zero-order chi connectivity index (χ0) is 20.7. The lowest BCUT2D eigenvalue weighted by molar-refractivity contribution is 0.484. The van der Waals surface area contributed by atoms with Gasteiger partial charge in [0.05, 0.1) is 15.7 Å². The third-order valence-corrected chi connectivity index (χ3v) is 11.9. The quantitative estimate of drug-likeness (QED) is 0.534. The molecule has 0 saturated heterocycles. The van der Waals surface area contributed by atoms with Crippen molar-refractivity contribution in [2.45, 2.75) is 76.4 Å². The summed E-state index contributed by atoms with van der Waals surface area (Å²) in [6, 6.07) is 5.89. The first-order chi connectivity index (χ1) is 12.3. The van der Waals surface area contributed by atoms with Gasteiger partial charge in [-0.05, 0) is 92.3 Å². The lowest BCUT2D eigenvalue weighted by Gasteiger charge is -2.38. The van der Waals surface area contributed by atoms with E-state index >= 15 is 0 Å². The third-order valence-electron chi connectivity index (χ3n) is 5.86. The van der Waals surface area contributed by atoms with Crippen molar-refractivity contribution >= 4 is 19.1 Å². The van der Waals surface area contributed by atoms with E-state index in [0.717, 1.165) is 32.9 Å². The van der Waals surface area contributed by atoms with Crippen LogP contribution in [-0.2, 0) is 10.8 Å². The summed E-state index contributed by atoms with van der Waals surface area (Å²) in [6.07, 6.45) is 0. The monoisotopic (exact) mass is 406 g/mol. The van der Waals surface area contributed by atoms with E-state index in [1.54, 1.807) is 12.1 Å². The molecule has 0 amide bonds. The number of benzene rings is 2. The van der Waals surface area contributed by atoms with E-state index in [1.807, 2.05) is 27.7 Å². The molecule has 2 nitrogen and oxygen atoms in total. The van der Waals surface area contributed by atoms with E-state index < -0.39 is 19.1 Å². The Morgan fingerprint density at radius 1 is 0.889 bits per heavy atom. The Kier molecular flexibility index (Phi) is 6.07. The first-order valence-corrected chi connectivity index (χ1v) is 13.3. The largest absolute Gasteiger partial charge is 0.543 e. The number of rotatable bonds is 4. The Morgan fingerprint density at radius 2 is 1.33 bits per heavy atom. The van der Waals surface area contributed by atoms with Crippen LogP contribution in [0.15, 0.2) is 34.1 Å². The molecule has 0 aliphatic carbocycles. The minimum Gasteiger partial charge on any atom is -0.543 e. The predicted octanol–water partition coefficient (Wildman–Crippen LogP) is 6.61. The molecule has 27 heavy (non-hydrogen) atoms. The summed E-state index contributed by atoms with van der Waals surface area (Å²) in [5.41, 5.74) is 4.03. The number of hydrogen-bond donors (Lipinski definition) is 0. The molecule has 148 valence electrons. The highest BCUT2D eigenvalue weighted by atomic mass is 32.2. The molecule has 0 saturated carbocycles. The van der Waals surface area contributed by atoms with Gasteiger partial charge >= 0.3 is 0 Å². The van der Waals surface area contributed by atoms with E-state index in [2.05, 4.69) is 33.9 Å². The van der Waals surface area contributed by atoms with Crippen LogP contribution in [0.4, 0.5) is 4.39 Å². The van der Waals surface area contributed by atoms with Crippen LogP contribution in [0.3, 0.4) is 0 Å². The van der Waals surface area contributed by atoms with Gasteiger partial charge in [-0.1, -0.05) is 20.8 Å². The molecule has 2 aromatic rings. The Labute approximate surface area is 166 Å². The normalized spacial score (nSPS) is 13.6. The molecule has 0 aromatic heterocycles. The Bertz CT molecular complexity index is 852. The second kappa shape index (κ2) is 7.51. The number of hydrogen-bond acceptors (Lipinski definition) is 2. The second-order valence-corrected chi connectivity index (χ2v) is 14.9. The lowest BCUT2D eigenvalue weighted by Crippen LogP contribution is -2.44. The van der Waals surface area contributed by atoms with Crippen molar-refractivity contribution in [2.24, 2.45) is 0 Å². The summed E-state index contributed by atoms with van der Waals surface area (Å²) < 4.78 is 33.1. The van der Waals surface area contributed by atoms with Gasteiger partial charge in [0, 0.05) is 4.90 Å². The first kappa shape index (κ1) is 21.8. The summed E-state index contributed by atoms with van der Waals surface area (Å²) in [5, 5.41) is 0.100. The predicted molar refractivity (Wildman–Crippen MR) is 114 cm³/mol. The molecular formula is C22H31FO2SSi. The van der Waals surface area contributed by atoms with Crippen LogP contribution in [0.5, 0.6) is 5.75 Å². The van der Waals surface area contributed by atoms with Gasteiger partial charge < -0.3 is 4.43 Å². The summed E-state index contributed by atoms with van der Waals surface area (Å²) >= 11 is 0. The molecule has 0 radical (unpaired) electrons. The molecule has 0 bridgehead atoms. The molecule has 1 atom stereocenters. The van der Waals surface area contributed by atoms with Crippen molar-refractivity contribution in [3.8, 4) is 5.75 Å². The van der Waals surface area contributed by atoms with Crippen LogP contribution in [0.25, 0.3) is 0 Å². The highest BCUT2D eigenvalue weighted by Gasteiger charge is 2.40. The molecule has 0 heterocycles. The van der Waals surface area contributed by atoms with Crippen molar-refractivity contribution in [2.75, 3.05) is 0 Å².